The first-order valence-corrected chi connectivity index (χ1v) is 2.32. The fourth-order valence-electron chi connectivity index (χ4n) is 0.0630. The molecule has 0 aromatic heterocycles. The summed E-state index contributed by atoms with van der Waals surface area (Å²) in [6, 6.07) is 0. The van der Waals surface area contributed by atoms with E-state index >= 15 is 0 Å². The molecule has 0 aromatic carbocycles. The number of halogens is 4. The van der Waals surface area contributed by atoms with Crippen LogP contribution >= 0.6 is 12.6 Å². The van der Waals surface area contributed by atoms with E-state index in [9.17, 15) is 17.6 Å². The van der Waals surface area contributed by atoms with Gasteiger partial charge in [0.15, 0.2) is 0 Å². The molecule has 49 valence electrons. The quantitative estimate of drug-likeness (QED) is 0.524. The summed E-state index contributed by atoms with van der Waals surface area (Å²) in [7, 11) is 0. The maximum absolute atomic E-state index is 11.4. The van der Waals surface area contributed by atoms with Crippen LogP contribution in [0.5, 0.6) is 0 Å². The smallest absolute Gasteiger partial charge is 0.204 e. The van der Waals surface area contributed by atoms with E-state index in [2.05, 4.69) is 12.6 Å². The average molecular weight is 147 g/mol. The third-order valence-electron chi connectivity index (χ3n) is 0.512. The van der Waals surface area contributed by atoms with Gasteiger partial charge in [0.2, 0.25) is 0 Å². The van der Waals surface area contributed by atoms with Gasteiger partial charge in [0.1, 0.15) is 0 Å². The highest BCUT2D eigenvalue weighted by Crippen LogP contribution is 2.23. The molecule has 0 aromatic rings. The van der Waals surface area contributed by atoms with Gasteiger partial charge in [-0.1, -0.05) is 12.6 Å². The molecule has 0 bridgehead atoms. The van der Waals surface area contributed by atoms with Crippen LogP contribution in [-0.4, -0.2) is 18.1 Å². The van der Waals surface area contributed by atoms with Crippen LogP contribution in [0.25, 0.3) is 0 Å². The van der Waals surface area contributed by atoms with E-state index in [-0.39, 0.29) is 0 Å². The highest BCUT2D eigenvalue weighted by molar-refractivity contribution is 7.80. The summed E-state index contributed by atoms with van der Waals surface area (Å²) in [6.45, 7) is 0. The second-order valence-corrected chi connectivity index (χ2v) is 1.49. The molecule has 0 saturated heterocycles. The third-order valence-corrected chi connectivity index (χ3v) is 0.897. The van der Waals surface area contributed by atoms with Crippen LogP contribution in [0.3, 0.4) is 0 Å². The summed E-state index contributed by atoms with van der Waals surface area (Å²) in [6.07, 6.45) is -3.62. The van der Waals surface area contributed by atoms with E-state index in [0.29, 0.717) is 0 Å². The van der Waals surface area contributed by atoms with Crippen molar-refractivity contribution in [3.63, 3.8) is 0 Å². The highest BCUT2D eigenvalue weighted by atomic mass is 32.1. The van der Waals surface area contributed by atoms with Gasteiger partial charge in [0, 0.05) is 0 Å². The number of alkyl halides is 4. The molecule has 0 heterocycles. The average Bonchev–Trinajstić information content (AvgIpc) is 1.67. The molecular weight excluding hydrogens is 144 g/mol. The summed E-state index contributed by atoms with van der Waals surface area (Å²) in [5.74, 6) is -5.19. The molecule has 0 aliphatic rings. The van der Waals surface area contributed by atoms with Crippen LogP contribution in [0, 0.1) is 0 Å². The Labute approximate surface area is 49.3 Å². The minimum absolute atomic E-state index is 1.22. The van der Waals surface area contributed by atoms with E-state index in [4.69, 9.17) is 0 Å². The molecule has 5 heteroatoms. The Bertz CT molecular complexity index is 71.7. The van der Waals surface area contributed by atoms with E-state index in [1.807, 2.05) is 0 Å². The predicted octanol–water partition coefficient (Wildman–Crippen LogP) is 2.08. The van der Waals surface area contributed by atoms with Crippen LogP contribution in [0.2, 0.25) is 0 Å². The van der Waals surface area contributed by atoms with Gasteiger partial charge in [0.05, 0.1) is 5.75 Å². The number of hydrogen-bond acceptors (Lipinski definition) is 0. The molecular formula is C3H3F4S. The summed E-state index contributed by atoms with van der Waals surface area (Å²) in [5, 5.41) is 0. The molecule has 8 heavy (non-hydrogen) atoms. The standard InChI is InChI=1S/C3H3F4S/c4-2(5)3(6,7)1-8/h2H,1H2. The maximum atomic E-state index is 11.4. The van der Waals surface area contributed by atoms with Crippen molar-refractivity contribution in [2.75, 3.05) is 5.75 Å². The third kappa shape index (κ3) is 1.90. The van der Waals surface area contributed by atoms with Crippen molar-refractivity contribution in [3.05, 3.63) is 0 Å². The van der Waals surface area contributed by atoms with Crippen LogP contribution in [-0.2, 0) is 0 Å². The lowest BCUT2D eigenvalue weighted by atomic mass is 10.4. The minimum Gasteiger partial charge on any atom is -0.204 e. The molecule has 1 radical (unpaired) electrons. The summed E-state index contributed by atoms with van der Waals surface area (Å²) >= 11 is 3.73. The van der Waals surface area contributed by atoms with Crippen LogP contribution < -0.4 is 0 Å². The zero-order valence-electron chi connectivity index (χ0n) is 3.70. The normalized spacial score (nSPS) is 12.8. The molecule has 0 rings (SSSR count). The van der Waals surface area contributed by atoms with Crippen LogP contribution in [0.4, 0.5) is 17.6 Å². The molecule has 0 amide bonds. The van der Waals surface area contributed by atoms with Gasteiger partial charge >= 0.3 is 12.3 Å². The van der Waals surface area contributed by atoms with Gasteiger partial charge in [-0.25, -0.2) is 8.78 Å². The van der Waals surface area contributed by atoms with Crippen molar-refractivity contribution in [3.8, 4) is 0 Å². The molecule has 0 fully saturated rings. The first-order chi connectivity index (χ1) is 3.50. The van der Waals surface area contributed by atoms with Gasteiger partial charge in [-0.15, -0.1) is 0 Å². The predicted molar refractivity (Wildman–Crippen MR) is 23.4 cm³/mol. The lowest BCUT2D eigenvalue weighted by Crippen LogP contribution is -2.28. The Hall–Kier alpha value is 0.0700. The second-order valence-electron chi connectivity index (χ2n) is 1.21. The van der Waals surface area contributed by atoms with Crippen molar-refractivity contribution in [1.29, 1.82) is 0 Å². The lowest BCUT2D eigenvalue weighted by Gasteiger charge is -2.09. The van der Waals surface area contributed by atoms with Gasteiger partial charge in [-0.2, -0.15) is 8.78 Å². The zero-order valence-corrected chi connectivity index (χ0v) is 4.52. The molecule has 0 unspecified atom stereocenters. The van der Waals surface area contributed by atoms with E-state index in [0.717, 1.165) is 0 Å². The summed E-state index contributed by atoms with van der Waals surface area (Å²) in [4.78, 5) is 0. The van der Waals surface area contributed by atoms with Crippen molar-refractivity contribution in [2.24, 2.45) is 0 Å². The highest BCUT2D eigenvalue weighted by Gasteiger charge is 2.39. The van der Waals surface area contributed by atoms with Gasteiger partial charge in [0.25, 0.3) is 0 Å². The van der Waals surface area contributed by atoms with E-state index in [1.54, 1.807) is 0 Å². The fourth-order valence-corrected chi connectivity index (χ4v) is 0.189. The first-order valence-electron chi connectivity index (χ1n) is 1.75. The van der Waals surface area contributed by atoms with Gasteiger partial charge in [-0.3, -0.25) is 0 Å². The molecule has 0 saturated carbocycles. The van der Waals surface area contributed by atoms with Gasteiger partial charge in [-0.05, 0) is 0 Å². The monoisotopic (exact) mass is 147 g/mol. The second kappa shape index (κ2) is 2.57. The molecule has 0 atom stereocenters. The number of hydrogen-bond donors (Lipinski definition) is 0. The Morgan fingerprint density at radius 2 is 1.75 bits per heavy atom. The van der Waals surface area contributed by atoms with Gasteiger partial charge < -0.3 is 0 Å². The Morgan fingerprint density at radius 1 is 1.38 bits per heavy atom. The van der Waals surface area contributed by atoms with Crippen molar-refractivity contribution in [1.82, 2.24) is 0 Å². The first kappa shape index (κ1) is 8.07. The Balaban J connectivity index is 3.71. The van der Waals surface area contributed by atoms with E-state index < -0.39 is 18.1 Å². The molecule has 0 aliphatic carbocycles. The van der Waals surface area contributed by atoms with Crippen molar-refractivity contribution < 1.29 is 17.6 Å². The molecule has 0 nitrogen and oxygen atoms in total. The topological polar surface area (TPSA) is 0 Å². The van der Waals surface area contributed by atoms with Crippen molar-refractivity contribution >= 4 is 12.6 Å². The maximum Gasteiger partial charge on any atom is 0.317 e. The fraction of sp³-hybridized carbons (Fsp3) is 1.00. The molecule has 0 aliphatic heterocycles. The van der Waals surface area contributed by atoms with Crippen molar-refractivity contribution in [2.45, 2.75) is 12.3 Å². The molecule has 0 spiro atoms. The van der Waals surface area contributed by atoms with Crippen LogP contribution in [0.15, 0.2) is 0 Å². The van der Waals surface area contributed by atoms with E-state index in [1.165, 1.54) is 0 Å². The Morgan fingerprint density at radius 3 is 1.75 bits per heavy atom. The molecule has 0 N–H and O–H groups in total. The zero-order chi connectivity index (χ0) is 6.78. The Kier molecular flexibility index (Phi) is 2.59. The number of rotatable bonds is 2. The van der Waals surface area contributed by atoms with Crippen LogP contribution in [0.1, 0.15) is 0 Å². The lowest BCUT2D eigenvalue weighted by molar-refractivity contribution is -0.109. The summed E-state index contributed by atoms with van der Waals surface area (Å²) in [5.41, 5.74) is 0. The minimum atomic E-state index is -3.98. The SMILES string of the molecule is FC(F)C(F)(F)C[S]. The largest absolute Gasteiger partial charge is 0.317 e. The summed E-state index contributed by atoms with van der Waals surface area (Å²) < 4.78 is 44.8.